The van der Waals surface area contributed by atoms with Crippen molar-refractivity contribution in [3.8, 4) is 11.8 Å². The Labute approximate surface area is 202 Å². The van der Waals surface area contributed by atoms with Crippen molar-refractivity contribution in [2.75, 3.05) is 7.11 Å². The third kappa shape index (κ3) is 4.48. The van der Waals surface area contributed by atoms with E-state index in [2.05, 4.69) is 30.0 Å². The first-order valence-electron chi connectivity index (χ1n) is 12.4. The highest BCUT2D eigenvalue weighted by Gasteiger charge is 2.52. The number of benzene rings is 2. The fourth-order valence-electron chi connectivity index (χ4n) is 5.79. The highest BCUT2D eigenvalue weighted by molar-refractivity contribution is 5.99. The van der Waals surface area contributed by atoms with Crippen LogP contribution in [0.2, 0.25) is 0 Å². The normalized spacial score (nSPS) is 25.3. The van der Waals surface area contributed by atoms with E-state index < -0.39 is 0 Å². The van der Waals surface area contributed by atoms with E-state index >= 15 is 0 Å². The van der Waals surface area contributed by atoms with E-state index in [1.54, 1.807) is 7.11 Å². The summed E-state index contributed by atoms with van der Waals surface area (Å²) in [5.74, 6) is 6.62. The Balaban J connectivity index is 1.51. The molecule has 5 nitrogen and oxygen atoms in total. The van der Waals surface area contributed by atoms with Crippen LogP contribution in [-0.2, 0) is 22.5 Å². The molecule has 3 N–H and O–H groups in total. The highest BCUT2D eigenvalue weighted by Crippen LogP contribution is 2.56. The summed E-state index contributed by atoms with van der Waals surface area (Å²) in [6.45, 7) is 0.304. The Bertz CT molecular complexity index is 1130. The molecular weight excluding hydrogens is 422 g/mol. The first-order chi connectivity index (χ1) is 16.5. The summed E-state index contributed by atoms with van der Waals surface area (Å²) >= 11 is 0. The van der Waals surface area contributed by atoms with E-state index in [0.717, 1.165) is 48.8 Å². The second-order valence-electron chi connectivity index (χ2n) is 10.2. The summed E-state index contributed by atoms with van der Waals surface area (Å²) in [5.41, 5.74) is 10.1. The minimum Gasteiger partial charge on any atom is -0.381 e. The van der Waals surface area contributed by atoms with Crippen LogP contribution < -0.4 is 5.73 Å². The Morgan fingerprint density at radius 1 is 1.15 bits per heavy atom. The third-order valence-corrected chi connectivity index (χ3v) is 7.86. The maximum Gasteiger partial charge on any atom is 0.237 e. The summed E-state index contributed by atoms with van der Waals surface area (Å²) < 4.78 is 5.64. The lowest BCUT2D eigenvalue weighted by Gasteiger charge is -2.42. The van der Waals surface area contributed by atoms with Crippen LogP contribution in [0.15, 0.2) is 48.5 Å². The van der Waals surface area contributed by atoms with Gasteiger partial charge in [-0.15, -0.1) is 0 Å². The van der Waals surface area contributed by atoms with Gasteiger partial charge in [0.15, 0.2) is 5.96 Å². The van der Waals surface area contributed by atoms with Gasteiger partial charge in [-0.3, -0.25) is 15.1 Å². The largest absolute Gasteiger partial charge is 0.381 e. The second kappa shape index (κ2) is 9.27. The monoisotopic (exact) mass is 455 g/mol. The van der Waals surface area contributed by atoms with Crippen molar-refractivity contribution in [3.63, 3.8) is 0 Å². The molecule has 0 heterocycles. The molecule has 1 atom stereocenters. The molecule has 3 aliphatic carbocycles. The van der Waals surface area contributed by atoms with Crippen molar-refractivity contribution in [2.24, 2.45) is 17.1 Å². The minimum absolute atomic E-state index is 0.0710. The summed E-state index contributed by atoms with van der Waals surface area (Å²) in [4.78, 5) is 15.7. The number of carbonyl (C=O) groups excluding carboxylic acids is 1. The van der Waals surface area contributed by atoms with Crippen LogP contribution in [0.5, 0.6) is 0 Å². The van der Waals surface area contributed by atoms with Gasteiger partial charge in [-0.05, 0) is 79.2 Å². The van der Waals surface area contributed by atoms with Crippen molar-refractivity contribution < 1.29 is 9.53 Å². The first kappa shape index (κ1) is 22.7. The predicted molar refractivity (Wildman–Crippen MR) is 133 cm³/mol. The molecule has 0 unspecified atom stereocenters. The molecule has 2 fully saturated rings. The van der Waals surface area contributed by atoms with Gasteiger partial charge >= 0.3 is 0 Å². The molecule has 0 saturated heterocycles. The molecular formula is C29H33N3O2. The molecule has 0 bridgehead atoms. The van der Waals surface area contributed by atoms with Crippen LogP contribution >= 0.6 is 0 Å². The molecule has 5 heteroatoms. The molecule has 1 spiro atoms. The number of rotatable bonds is 4. The lowest BCUT2D eigenvalue weighted by atomic mass is 9.65. The molecule has 0 radical (unpaired) electrons. The van der Waals surface area contributed by atoms with E-state index in [1.807, 2.05) is 30.3 Å². The lowest BCUT2D eigenvalue weighted by molar-refractivity contribution is -0.133. The van der Waals surface area contributed by atoms with Crippen molar-refractivity contribution in [1.82, 2.24) is 4.90 Å². The first-order valence-corrected chi connectivity index (χ1v) is 12.4. The van der Waals surface area contributed by atoms with E-state index in [0.29, 0.717) is 12.5 Å². The van der Waals surface area contributed by atoms with Gasteiger partial charge in [0.05, 0.1) is 18.6 Å². The topological polar surface area (TPSA) is 79.4 Å². The van der Waals surface area contributed by atoms with Gasteiger partial charge in [0.2, 0.25) is 5.91 Å². The number of nitrogens with one attached hydrogen (secondary N) is 1. The van der Waals surface area contributed by atoms with Gasteiger partial charge in [-0.2, -0.15) is 0 Å². The molecule has 176 valence electrons. The van der Waals surface area contributed by atoms with Crippen molar-refractivity contribution in [3.05, 3.63) is 70.8 Å². The third-order valence-electron chi connectivity index (χ3n) is 7.86. The fourth-order valence-corrected chi connectivity index (χ4v) is 5.79. The number of hydrogen-bond donors (Lipinski definition) is 2. The average Bonchev–Trinajstić information content (AvgIpc) is 3.63. The number of ether oxygens (including phenoxy) is 1. The van der Waals surface area contributed by atoms with Gasteiger partial charge in [0.25, 0.3) is 0 Å². The van der Waals surface area contributed by atoms with Gasteiger partial charge < -0.3 is 10.5 Å². The molecule has 2 aromatic rings. The Morgan fingerprint density at radius 3 is 2.53 bits per heavy atom. The average molecular weight is 456 g/mol. The van der Waals surface area contributed by atoms with E-state index in [1.165, 1.54) is 23.3 Å². The van der Waals surface area contributed by atoms with Gasteiger partial charge in [-0.25, -0.2) is 0 Å². The zero-order chi connectivity index (χ0) is 23.7. The number of fused-ring (bicyclic) bond motifs is 1. The predicted octanol–water partition coefficient (Wildman–Crippen LogP) is 4.59. The second-order valence-corrected chi connectivity index (χ2v) is 10.2. The Kier molecular flexibility index (Phi) is 6.18. The van der Waals surface area contributed by atoms with Gasteiger partial charge in [0.1, 0.15) is 0 Å². The minimum atomic E-state index is -0.324. The van der Waals surface area contributed by atoms with Crippen molar-refractivity contribution in [2.45, 2.75) is 63.5 Å². The van der Waals surface area contributed by atoms with Crippen LogP contribution in [0, 0.1) is 28.6 Å². The summed E-state index contributed by atoms with van der Waals surface area (Å²) in [6, 6.07) is 16.2. The maximum absolute atomic E-state index is 14.2. The zero-order valence-electron chi connectivity index (χ0n) is 19.8. The number of guanidine groups is 1. The molecule has 0 aromatic heterocycles. The lowest BCUT2D eigenvalue weighted by Crippen LogP contribution is -2.47. The summed E-state index contributed by atoms with van der Waals surface area (Å²) in [6.07, 6.45) is 7.25. The molecule has 34 heavy (non-hydrogen) atoms. The van der Waals surface area contributed by atoms with E-state index in [9.17, 15) is 4.79 Å². The van der Waals surface area contributed by atoms with Crippen molar-refractivity contribution in [1.29, 1.82) is 5.41 Å². The number of carbonyl (C=O) groups is 1. The quantitative estimate of drug-likeness (QED) is 0.402. The number of nitrogens with two attached hydrogens (primary N) is 1. The molecule has 2 aromatic carbocycles. The summed E-state index contributed by atoms with van der Waals surface area (Å²) in [5, 5.41) is 8.25. The van der Waals surface area contributed by atoms with Gasteiger partial charge in [-0.1, -0.05) is 48.2 Å². The van der Waals surface area contributed by atoms with Crippen LogP contribution in [0.3, 0.4) is 0 Å². The van der Waals surface area contributed by atoms with Crippen LogP contribution in [0.1, 0.15) is 66.7 Å². The zero-order valence-corrected chi connectivity index (χ0v) is 19.8. The number of nitrogens with zero attached hydrogens (tertiary/aromatic N) is 1. The molecule has 3 aliphatic rings. The molecule has 0 aliphatic heterocycles. The molecule has 2 saturated carbocycles. The number of amides is 1. The Hall–Kier alpha value is -3.10. The van der Waals surface area contributed by atoms with Crippen LogP contribution in [0.4, 0.5) is 0 Å². The van der Waals surface area contributed by atoms with Crippen LogP contribution in [0.25, 0.3) is 0 Å². The smallest absolute Gasteiger partial charge is 0.237 e. The van der Waals surface area contributed by atoms with E-state index in [4.69, 9.17) is 15.9 Å². The van der Waals surface area contributed by atoms with E-state index in [-0.39, 0.29) is 29.3 Å². The Morgan fingerprint density at radius 2 is 1.88 bits per heavy atom. The van der Waals surface area contributed by atoms with Crippen molar-refractivity contribution >= 4 is 11.9 Å². The highest BCUT2D eigenvalue weighted by atomic mass is 16.5. The fraction of sp³-hybridized carbons (Fsp3) is 0.448. The standard InChI is InChI=1S/C29H33N3O2/c1-34-24-13-15-29(16-14-24)18-23-12-11-21(10-9-20-7-8-20)17-25(23)26(29)27(33)32(28(30)31)19-22-5-3-2-4-6-22/h2-6,11-12,17,20,24,26H,7-8,13-16,18-19H2,1H3,(H3,30,31)/t24?,26-,29?/m0/s1. The molecule has 1 amide bonds. The number of hydrogen-bond acceptors (Lipinski definition) is 3. The SMILES string of the molecule is COC1CCC2(CC1)Cc1ccc(C#CC3CC3)cc1[C@H]2C(=O)N(Cc1ccccc1)C(=N)N. The van der Waals surface area contributed by atoms with Gasteiger partial charge in [0, 0.05) is 18.6 Å². The number of methoxy groups -OCH3 is 1. The summed E-state index contributed by atoms with van der Waals surface area (Å²) in [7, 11) is 1.77. The van der Waals surface area contributed by atoms with Crippen LogP contribution in [-0.4, -0.2) is 30.0 Å². The molecule has 5 rings (SSSR count). The maximum atomic E-state index is 14.2.